The van der Waals surface area contributed by atoms with Crippen LogP contribution in [-0.2, 0) is 11.2 Å². The normalized spacial score (nSPS) is 23.8. The number of hydrogen-bond donors (Lipinski definition) is 1. The van der Waals surface area contributed by atoms with Crippen LogP contribution in [0.1, 0.15) is 31.7 Å². The molecule has 2 nitrogen and oxygen atoms in total. The molecule has 1 aromatic rings. The Labute approximate surface area is 103 Å². The fourth-order valence-corrected chi connectivity index (χ4v) is 2.60. The van der Waals surface area contributed by atoms with Crippen molar-refractivity contribution >= 4 is 5.78 Å². The van der Waals surface area contributed by atoms with Gasteiger partial charge in [0, 0.05) is 18.4 Å². The number of hydrogen-bond acceptors (Lipinski definition) is 2. The minimum Gasteiger partial charge on any atom is -0.314 e. The number of nitrogens with one attached hydrogen (secondary N) is 1. The first kappa shape index (κ1) is 12.3. The van der Waals surface area contributed by atoms with E-state index in [-0.39, 0.29) is 5.92 Å². The van der Waals surface area contributed by atoms with E-state index in [1.165, 1.54) is 5.56 Å². The second kappa shape index (κ2) is 5.97. The number of carbonyl (C=O) groups excluding carboxylic acids is 1. The predicted octanol–water partition coefficient (Wildman–Crippen LogP) is 2.58. The molecule has 1 aromatic carbocycles. The lowest BCUT2D eigenvalue weighted by Crippen LogP contribution is -2.28. The highest BCUT2D eigenvalue weighted by atomic mass is 16.1. The van der Waals surface area contributed by atoms with Crippen molar-refractivity contribution in [1.82, 2.24) is 5.32 Å². The molecule has 0 radical (unpaired) electrons. The maximum Gasteiger partial charge on any atom is 0.137 e. The SMILES string of the molecule is CC1NCCC1C(=O)CCCc1ccccc1. The van der Waals surface area contributed by atoms with Gasteiger partial charge in [0.1, 0.15) is 5.78 Å². The summed E-state index contributed by atoms with van der Waals surface area (Å²) in [5.41, 5.74) is 1.33. The first-order valence-electron chi connectivity index (χ1n) is 6.57. The average Bonchev–Trinajstić information content (AvgIpc) is 2.77. The lowest BCUT2D eigenvalue weighted by molar-refractivity contribution is -0.123. The van der Waals surface area contributed by atoms with Gasteiger partial charge in [-0.25, -0.2) is 0 Å². The van der Waals surface area contributed by atoms with Crippen LogP contribution >= 0.6 is 0 Å². The van der Waals surface area contributed by atoms with E-state index >= 15 is 0 Å². The fraction of sp³-hybridized carbons (Fsp3) is 0.533. The van der Waals surface area contributed by atoms with Crippen LogP contribution in [0.5, 0.6) is 0 Å². The molecule has 1 saturated heterocycles. The molecule has 1 fully saturated rings. The van der Waals surface area contributed by atoms with E-state index in [1.807, 2.05) is 6.07 Å². The molecule has 0 aromatic heterocycles. The fourth-order valence-electron chi connectivity index (χ4n) is 2.60. The summed E-state index contributed by atoms with van der Waals surface area (Å²) in [5.74, 6) is 0.698. The zero-order chi connectivity index (χ0) is 12.1. The van der Waals surface area contributed by atoms with Crippen LogP contribution < -0.4 is 5.32 Å². The highest BCUT2D eigenvalue weighted by molar-refractivity contribution is 5.82. The largest absolute Gasteiger partial charge is 0.314 e. The molecule has 0 amide bonds. The third kappa shape index (κ3) is 3.40. The summed E-state index contributed by atoms with van der Waals surface area (Å²) in [5, 5.41) is 3.34. The Kier molecular flexibility index (Phi) is 4.32. The number of aryl methyl sites for hydroxylation is 1. The summed E-state index contributed by atoms with van der Waals surface area (Å²) in [4.78, 5) is 12.0. The minimum atomic E-state index is 0.255. The van der Waals surface area contributed by atoms with E-state index in [0.29, 0.717) is 11.8 Å². The summed E-state index contributed by atoms with van der Waals surface area (Å²) in [6.07, 6.45) is 3.74. The Balaban J connectivity index is 1.73. The van der Waals surface area contributed by atoms with Crippen molar-refractivity contribution in [3.63, 3.8) is 0 Å². The maximum absolute atomic E-state index is 12.0. The molecule has 2 rings (SSSR count). The molecule has 1 N–H and O–H groups in total. The van der Waals surface area contributed by atoms with Crippen molar-refractivity contribution in [2.45, 2.75) is 38.6 Å². The highest BCUT2D eigenvalue weighted by Gasteiger charge is 2.28. The zero-order valence-electron chi connectivity index (χ0n) is 10.5. The molecule has 0 bridgehead atoms. The highest BCUT2D eigenvalue weighted by Crippen LogP contribution is 2.19. The van der Waals surface area contributed by atoms with E-state index in [9.17, 15) is 4.79 Å². The molecule has 0 spiro atoms. The van der Waals surface area contributed by atoms with Gasteiger partial charge in [0.15, 0.2) is 0 Å². The number of rotatable bonds is 5. The number of benzene rings is 1. The minimum absolute atomic E-state index is 0.255. The van der Waals surface area contributed by atoms with Crippen molar-refractivity contribution in [2.24, 2.45) is 5.92 Å². The molecule has 2 unspecified atom stereocenters. The molecular formula is C15H21NO. The van der Waals surface area contributed by atoms with Crippen LogP contribution in [0, 0.1) is 5.92 Å². The molecule has 2 heteroatoms. The standard InChI is InChI=1S/C15H21NO/c1-12-14(10-11-16-12)15(17)9-5-8-13-6-3-2-4-7-13/h2-4,6-7,12,14,16H,5,8-11H2,1H3. The van der Waals surface area contributed by atoms with Crippen molar-refractivity contribution in [1.29, 1.82) is 0 Å². The van der Waals surface area contributed by atoms with E-state index in [4.69, 9.17) is 0 Å². The Bertz CT molecular complexity index is 360. The van der Waals surface area contributed by atoms with Gasteiger partial charge >= 0.3 is 0 Å². The lowest BCUT2D eigenvalue weighted by Gasteiger charge is -2.13. The average molecular weight is 231 g/mol. The van der Waals surface area contributed by atoms with Crippen molar-refractivity contribution in [3.8, 4) is 0 Å². The molecule has 1 heterocycles. The van der Waals surface area contributed by atoms with Gasteiger partial charge in [-0.05, 0) is 38.3 Å². The van der Waals surface area contributed by atoms with Gasteiger partial charge < -0.3 is 5.32 Å². The number of Topliss-reactive ketones (excluding diaryl/α,β-unsaturated/α-hetero) is 1. The molecule has 17 heavy (non-hydrogen) atoms. The molecule has 2 atom stereocenters. The summed E-state index contributed by atoms with van der Waals surface area (Å²) < 4.78 is 0. The van der Waals surface area contributed by atoms with Crippen molar-refractivity contribution in [2.75, 3.05) is 6.54 Å². The quantitative estimate of drug-likeness (QED) is 0.844. The van der Waals surface area contributed by atoms with Crippen LogP contribution in [0.15, 0.2) is 30.3 Å². The first-order valence-corrected chi connectivity index (χ1v) is 6.57. The van der Waals surface area contributed by atoms with Gasteiger partial charge in [-0.3, -0.25) is 4.79 Å². The van der Waals surface area contributed by atoms with E-state index in [1.54, 1.807) is 0 Å². The van der Waals surface area contributed by atoms with Gasteiger partial charge in [0.25, 0.3) is 0 Å². The number of ketones is 1. The summed E-state index contributed by atoms with van der Waals surface area (Å²) in [7, 11) is 0. The molecule has 0 saturated carbocycles. The van der Waals surface area contributed by atoms with Crippen LogP contribution in [0.4, 0.5) is 0 Å². The monoisotopic (exact) mass is 231 g/mol. The second-order valence-corrected chi connectivity index (χ2v) is 4.94. The maximum atomic E-state index is 12.0. The Morgan fingerprint density at radius 1 is 1.35 bits per heavy atom. The third-order valence-corrected chi connectivity index (χ3v) is 3.67. The smallest absolute Gasteiger partial charge is 0.137 e. The topological polar surface area (TPSA) is 29.1 Å². The van der Waals surface area contributed by atoms with E-state index in [2.05, 4.69) is 36.5 Å². The Hall–Kier alpha value is -1.15. The van der Waals surface area contributed by atoms with Crippen molar-refractivity contribution < 1.29 is 4.79 Å². The van der Waals surface area contributed by atoms with Gasteiger partial charge in [-0.15, -0.1) is 0 Å². The predicted molar refractivity (Wildman–Crippen MR) is 70.0 cm³/mol. The summed E-state index contributed by atoms with van der Waals surface area (Å²) in [6.45, 7) is 3.11. The van der Waals surface area contributed by atoms with Crippen LogP contribution in [0.3, 0.4) is 0 Å². The summed E-state index contributed by atoms with van der Waals surface area (Å²) in [6, 6.07) is 10.8. The Morgan fingerprint density at radius 2 is 2.12 bits per heavy atom. The molecule has 92 valence electrons. The molecule has 0 aliphatic carbocycles. The zero-order valence-corrected chi connectivity index (χ0v) is 10.5. The molecular weight excluding hydrogens is 210 g/mol. The molecule has 1 aliphatic heterocycles. The van der Waals surface area contributed by atoms with Crippen LogP contribution in [0.2, 0.25) is 0 Å². The van der Waals surface area contributed by atoms with Crippen LogP contribution in [-0.4, -0.2) is 18.4 Å². The van der Waals surface area contributed by atoms with Crippen molar-refractivity contribution in [3.05, 3.63) is 35.9 Å². The van der Waals surface area contributed by atoms with Crippen LogP contribution in [0.25, 0.3) is 0 Å². The Morgan fingerprint density at radius 3 is 2.76 bits per heavy atom. The first-order chi connectivity index (χ1) is 8.27. The number of carbonyl (C=O) groups is 1. The lowest BCUT2D eigenvalue weighted by atomic mass is 9.93. The van der Waals surface area contributed by atoms with Gasteiger partial charge in [-0.1, -0.05) is 30.3 Å². The van der Waals surface area contributed by atoms with E-state index < -0.39 is 0 Å². The van der Waals surface area contributed by atoms with Gasteiger partial charge in [-0.2, -0.15) is 0 Å². The van der Waals surface area contributed by atoms with Gasteiger partial charge in [0.2, 0.25) is 0 Å². The van der Waals surface area contributed by atoms with E-state index in [0.717, 1.165) is 32.2 Å². The second-order valence-electron chi connectivity index (χ2n) is 4.94. The summed E-state index contributed by atoms with van der Waals surface area (Å²) >= 11 is 0. The van der Waals surface area contributed by atoms with Gasteiger partial charge in [0.05, 0.1) is 0 Å². The third-order valence-electron chi connectivity index (χ3n) is 3.67. The molecule has 1 aliphatic rings.